The van der Waals surface area contributed by atoms with Gasteiger partial charge in [-0.1, -0.05) is 24.3 Å². The first kappa shape index (κ1) is 17.0. The van der Waals surface area contributed by atoms with Gasteiger partial charge < -0.3 is 19.8 Å². The van der Waals surface area contributed by atoms with Crippen LogP contribution in [0.4, 0.5) is 0 Å². The van der Waals surface area contributed by atoms with Crippen LogP contribution in [-0.4, -0.2) is 4.98 Å². The number of hydrogen-bond acceptors (Lipinski definition) is 2. The van der Waals surface area contributed by atoms with Crippen LogP contribution in [-0.2, 0) is 21.1 Å². The number of aromatic nitrogens is 1. The van der Waals surface area contributed by atoms with E-state index in [1.54, 1.807) is 11.3 Å². The fraction of sp³-hybridized carbons (Fsp3) is 0. The summed E-state index contributed by atoms with van der Waals surface area (Å²) in [5, 5.41) is 1.17. The predicted octanol–water partition coefficient (Wildman–Crippen LogP) is 4.66. The Labute approximate surface area is 127 Å². The maximum Gasteiger partial charge on any atom is 0.0161 e. The third-order valence-corrected chi connectivity index (χ3v) is 3.34. The average molecular weight is 435 g/mol. The van der Waals surface area contributed by atoms with Gasteiger partial charge in [-0.05, 0) is 15.6 Å². The van der Waals surface area contributed by atoms with E-state index in [4.69, 9.17) is 0 Å². The smallest absolute Gasteiger partial charge is 0.0161 e. The number of hydrogen-bond donors (Lipinski definition) is 0. The van der Waals surface area contributed by atoms with Crippen molar-refractivity contribution in [1.29, 1.82) is 0 Å². The number of thiophene rings is 1. The van der Waals surface area contributed by atoms with Crippen LogP contribution in [0.15, 0.2) is 48.7 Å². The van der Waals surface area contributed by atoms with Gasteiger partial charge >= 0.3 is 0 Å². The van der Waals surface area contributed by atoms with Gasteiger partial charge in [-0.2, -0.15) is 0 Å². The van der Waals surface area contributed by atoms with Crippen molar-refractivity contribution in [3.05, 3.63) is 69.6 Å². The first-order valence-electron chi connectivity index (χ1n) is 4.76. The molecule has 0 fully saturated rings. The Kier molecular flexibility index (Phi) is 7.05. The fourth-order valence-electron chi connectivity index (χ4n) is 1.53. The van der Waals surface area contributed by atoms with Crippen LogP contribution in [0, 0.1) is 20.9 Å². The second-order valence-corrected chi connectivity index (χ2v) is 4.32. The molecule has 0 atom stereocenters. The summed E-state index contributed by atoms with van der Waals surface area (Å²) in [5.41, 5.74) is 0.999. The molecule has 0 aliphatic rings. The second-order valence-electron chi connectivity index (χ2n) is 3.27. The van der Waals surface area contributed by atoms with Crippen molar-refractivity contribution >= 4 is 21.4 Å². The number of fused-ring (bicyclic) bond motifs is 1. The normalized spacial score (nSPS) is 8.89. The van der Waals surface area contributed by atoms with Crippen LogP contribution in [0.2, 0.25) is 0 Å². The summed E-state index contributed by atoms with van der Waals surface area (Å²) in [4.78, 5) is 5.43. The molecule has 0 spiro atoms. The molecular formula is C15H14NPtS-3. The minimum Gasteiger partial charge on any atom is -0.358 e. The minimum atomic E-state index is 0. The van der Waals surface area contributed by atoms with E-state index in [1.165, 1.54) is 10.1 Å². The maximum atomic E-state index is 4.32. The van der Waals surface area contributed by atoms with E-state index in [2.05, 4.69) is 29.2 Å². The summed E-state index contributed by atoms with van der Waals surface area (Å²) in [6.45, 7) is 0. The van der Waals surface area contributed by atoms with Crippen molar-refractivity contribution < 1.29 is 21.1 Å². The predicted molar refractivity (Wildman–Crippen MR) is 76.7 cm³/mol. The van der Waals surface area contributed by atoms with Gasteiger partial charge in [0.1, 0.15) is 0 Å². The second kappa shape index (κ2) is 7.45. The SMILES string of the molecule is [CH3-].[CH3-].[Pt].[c-]1c(-c2ccccn2)sc2ccccc12. The van der Waals surface area contributed by atoms with Crippen LogP contribution >= 0.6 is 11.3 Å². The molecule has 98 valence electrons. The van der Waals surface area contributed by atoms with E-state index in [9.17, 15) is 0 Å². The summed E-state index contributed by atoms with van der Waals surface area (Å²) in [7, 11) is 0. The van der Waals surface area contributed by atoms with E-state index in [-0.39, 0.29) is 35.9 Å². The number of rotatable bonds is 1. The van der Waals surface area contributed by atoms with Gasteiger partial charge in [-0.25, -0.2) is 11.3 Å². The minimum absolute atomic E-state index is 0. The van der Waals surface area contributed by atoms with Crippen molar-refractivity contribution in [2.75, 3.05) is 0 Å². The van der Waals surface area contributed by atoms with Crippen LogP contribution < -0.4 is 0 Å². The van der Waals surface area contributed by atoms with E-state index in [0.29, 0.717) is 0 Å². The van der Waals surface area contributed by atoms with Gasteiger partial charge in [0.25, 0.3) is 0 Å². The number of nitrogens with zero attached hydrogens (tertiary/aromatic N) is 1. The summed E-state index contributed by atoms with van der Waals surface area (Å²) >= 11 is 1.73. The van der Waals surface area contributed by atoms with Gasteiger partial charge in [0.2, 0.25) is 0 Å². The molecule has 18 heavy (non-hydrogen) atoms. The summed E-state index contributed by atoms with van der Waals surface area (Å²) in [6.07, 6.45) is 1.81. The quantitative estimate of drug-likeness (QED) is 0.507. The van der Waals surface area contributed by atoms with Crippen molar-refractivity contribution in [2.24, 2.45) is 0 Å². The molecule has 0 aliphatic heterocycles. The van der Waals surface area contributed by atoms with Gasteiger partial charge in [-0.15, -0.1) is 23.6 Å². The van der Waals surface area contributed by atoms with E-state index < -0.39 is 0 Å². The molecule has 0 aliphatic carbocycles. The molecule has 3 rings (SSSR count). The zero-order valence-electron chi connectivity index (χ0n) is 10.3. The molecule has 0 radical (unpaired) electrons. The third kappa shape index (κ3) is 3.28. The Balaban J connectivity index is 0.000000963. The molecule has 2 aromatic heterocycles. The largest absolute Gasteiger partial charge is 0.358 e. The molecule has 0 saturated heterocycles. The molecule has 0 saturated carbocycles. The Bertz CT molecular complexity index is 557. The molecular weight excluding hydrogens is 421 g/mol. The Morgan fingerprint density at radius 1 is 0.944 bits per heavy atom. The molecule has 0 unspecified atom stereocenters. The topological polar surface area (TPSA) is 12.9 Å². The maximum absolute atomic E-state index is 4.32. The van der Waals surface area contributed by atoms with Crippen LogP contribution in [0.25, 0.3) is 20.7 Å². The monoisotopic (exact) mass is 435 g/mol. The summed E-state index contributed by atoms with van der Waals surface area (Å²) < 4.78 is 1.26. The number of benzene rings is 1. The van der Waals surface area contributed by atoms with E-state index in [1.807, 2.05) is 30.5 Å². The van der Waals surface area contributed by atoms with Crippen molar-refractivity contribution in [3.63, 3.8) is 0 Å². The van der Waals surface area contributed by atoms with Gasteiger partial charge in [-0.3, -0.25) is 0 Å². The zero-order chi connectivity index (χ0) is 10.1. The van der Waals surface area contributed by atoms with Crippen LogP contribution in [0.3, 0.4) is 0 Å². The third-order valence-electron chi connectivity index (χ3n) is 2.24. The van der Waals surface area contributed by atoms with Crippen molar-refractivity contribution in [1.82, 2.24) is 4.98 Å². The summed E-state index contributed by atoms with van der Waals surface area (Å²) in [6, 6.07) is 17.6. The van der Waals surface area contributed by atoms with Gasteiger partial charge in [0.05, 0.1) is 0 Å². The van der Waals surface area contributed by atoms with E-state index in [0.717, 1.165) is 10.6 Å². The fourth-order valence-corrected chi connectivity index (χ4v) is 2.51. The molecule has 2 heterocycles. The van der Waals surface area contributed by atoms with Crippen molar-refractivity contribution in [3.8, 4) is 10.6 Å². The molecule has 0 bridgehead atoms. The van der Waals surface area contributed by atoms with Gasteiger partial charge in [0, 0.05) is 33.0 Å². The molecule has 3 heteroatoms. The Morgan fingerprint density at radius 2 is 1.67 bits per heavy atom. The van der Waals surface area contributed by atoms with Crippen LogP contribution in [0.1, 0.15) is 0 Å². The first-order chi connectivity index (χ1) is 7.43. The van der Waals surface area contributed by atoms with Gasteiger partial charge in [0.15, 0.2) is 0 Å². The number of pyridine rings is 1. The standard InChI is InChI=1S/C13H8NS.2CH3.Pt/c1-2-7-12-10(5-1)9-13(15-12)11-6-3-4-8-14-11;;;/h1-8H;2*1H3;/q3*-1;. The molecule has 1 nitrogen and oxygen atoms in total. The first-order valence-corrected chi connectivity index (χ1v) is 5.57. The van der Waals surface area contributed by atoms with Crippen LogP contribution in [0.5, 0.6) is 0 Å². The Hall–Kier alpha value is -0.982. The molecule has 1 aromatic carbocycles. The zero-order valence-corrected chi connectivity index (χ0v) is 13.4. The molecule has 3 aromatic rings. The average Bonchev–Trinajstić information content (AvgIpc) is 2.74. The van der Waals surface area contributed by atoms with E-state index >= 15 is 0 Å². The van der Waals surface area contributed by atoms with Crippen molar-refractivity contribution in [2.45, 2.75) is 0 Å². The Morgan fingerprint density at radius 3 is 2.33 bits per heavy atom. The summed E-state index contributed by atoms with van der Waals surface area (Å²) in [5.74, 6) is 0. The molecule has 0 N–H and O–H groups in total. The molecule has 0 amide bonds.